The van der Waals surface area contributed by atoms with E-state index in [4.69, 9.17) is 4.74 Å². The van der Waals surface area contributed by atoms with Gasteiger partial charge in [-0.3, -0.25) is 0 Å². The maximum atomic E-state index is 12.7. The molecule has 0 aromatic heterocycles. The molecule has 0 atom stereocenters. The van der Waals surface area contributed by atoms with Crippen LogP contribution in [0.1, 0.15) is 46.4 Å². The van der Waals surface area contributed by atoms with Crippen LogP contribution in [0.25, 0.3) is 0 Å². The Balaban J connectivity index is 1.60. The lowest BCUT2D eigenvalue weighted by Gasteiger charge is -2.29. The molecule has 0 N–H and O–H groups in total. The first-order chi connectivity index (χ1) is 14.4. The number of sulfonamides is 1. The second-order valence-electron chi connectivity index (χ2n) is 7.03. The summed E-state index contributed by atoms with van der Waals surface area (Å²) < 4.78 is 39.3. The van der Waals surface area contributed by atoms with Gasteiger partial charge in [0.2, 0.25) is 0 Å². The van der Waals surface area contributed by atoms with Crippen LogP contribution in [0, 0.1) is 0 Å². The molecule has 1 saturated heterocycles. The Hall–Kier alpha value is -3.20. The Labute approximate surface area is 174 Å². The Morgan fingerprint density at radius 3 is 2.43 bits per heavy atom. The monoisotopic (exact) mass is 428 g/mol. The molecule has 2 aliphatic rings. The van der Waals surface area contributed by atoms with E-state index in [2.05, 4.69) is 9.13 Å². The number of methoxy groups -OCH3 is 1. The zero-order chi connectivity index (χ0) is 21.3. The summed E-state index contributed by atoms with van der Waals surface area (Å²) in [6, 6.07) is 10.4. The predicted molar refractivity (Wildman–Crippen MR) is 110 cm³/mol. The van der Waals surface area contributed by atoms with Gasteiger partial charge in [-0.1, -0.05) is 6.42 Å². The second kappa shape index (κ2) is 7.91. The van der Waals surface area contributed by atoms with Crippen molar-refractivity contribution in [1.29, 1.82) is 0 Å². The molecule has 9 heteroatoms. The van der Waals surface area contributed by atoms with Gasteiger partial charge in [-0.05, 0) is 55.3 Å². The van der Waals surface area contributed by atoms with Crippen LogP contribution in [0.4, 0.5) is 5.69 Å². The van der Waals surface area contributed by atoms with Crippen LogP contribution < -0.4 is 9.64 Å². The summed E-state index contributed by atoms with van der Waals surface area (Å²) in [5.74, 6) is -0.423. The molecular weight excluding hydrogens is 408 g/mol. The van der Waals surface area contributed by atoms with E-state index in [0.717, 1.165) is 19.3 Å². The number of anilines is 1. The first-order valence-corrected chi connectivity index (χ1v) is 11.0. The lowest BCUT2D eigenvalue weighted by molar-refractivity contribution is 0.0600. The van der Waals surface area contributed by atoms with Crippen molar-refractivity contribution in [3.63, 3.8) is 0 Å². The number of hydrogen-bond donors (Lipinski definition) is 0. The minimum absolute atomic E-state index is 0.00337. The van der Waals surface area contributed by atoms with Crippen LogP contribution >= 0.6 is 0 Å². The number of nitrogens with zero attached hydrogens (tertiary/aromatic N) is 2. The van der Waals surface area contributed by atoms with Crippen LogP contribution in [-0.4, -0.2) is 39.8 Å². The summed E-state index contributed by atoms with van der Waals surface area (Å²) in [6.45, 7) is 0.692. The summed E-state index contributed by atoms with van der Waals surface area (Å²) >= 11 is 0. The van der Waals surface area contributed by atoms with Gasteiger partial charge in [-0.2, -0.15) is 8.42 Å². The molecular formula is C21H20N2O6S. The maximum Gasteiger partial charge on any atom is 0.343 e. The fourth-order valence-electron chi connectivity index (χ4n) is 3.55. The highest BCUT2D eigenvalue weighted by Gasteiger charge is 2.32. The van der Waals surface area contributed by atoms with Crippen LogP contribution in [-0.2, 0) is 14.8 Å². The first kappa shape index (κ1) is 20.1. The van der Waals surface area contributed by atoms with Gasteiger partial charge in [0, 0.05) is 13.0 Å². The van der Waals surface area contributed by atoms with E-state index in [0.29, 0.717) is 30.1 Å². The van der Waals surface area contributed by atoms with E-state index < -0.39 is 22.0 Å². The summed E-state index contributed by atoms with van der Waals surface area (Å²) in [5, 5.41) is 0. The molecule has 0 bridgehead atoms. The lowest BCUT2D eigenvalue weighted by atomic mass is 10.1. The fraction of sp³-hybridized carbons (Fsp3) is 0.286. The molecule has 0 radical (unpaired) electrons. The number of rotatable bonds is 3. The van der Waals surface area contributed by atoms with Crippen molar-refractivity contribution in [2.75, 3.05) is 18.6 Å². The number of ether oxygens (including phenoxy) is 2. The molecule has 30 heavy (non-hydrogen) atoms. The zero-order valence-electron chi connectivity index (χ0n) is 16.3. The van der Waals surface area contributed by atoms with E-state index in [9.17, 15) is 18.0 Å². The van der Waals surface area contributed by atoms with Gasteiger partial charge in [0.15, 0.2) is 0 Å². The highest BCUT2D eigenvalue weighted by atomic mass is 32.2. The van der Waals surface area contributed by atoms with Gasteiger partial charge >= 0.3 is 11.9 Å². The predicted octanol–water partition coefficient (Wildman–Crippen LogP) is 3.17. The van der Waals surface area contributed by atoms with Crippen molar-refractivity contribution in [1.82, 2.24) is 0 Å². The third-order valence-electron chi connectivity index (χ3n) is 5.07. The number of amidine groups is 1. The molecule has 4 rings (SSSR count). The van der Waals surface area contributed by atoms with Crippen molar-refractivity contribution in [2.24, 2.45) is 4.40 Å². The number of carbonyl (C=O) groups excluding carboxylic acids is 2. The minimum Gasteiger partial charge on any atom is -0.465 e. The third-order valence-corrected chi connectivity index (χ3v) is 6.40. The third kappa shape index (κ3) is 3.80. The van der Waals surface area contributed by atoms with E-state index in [-0.39, 0.29) is 16.2 Å². The first-order valence-electron chi connectivity index (χ1n) is 9.55. The standard InChI is InChI=1S/C21H20N2O6S/c1-28-20(24)14-6-9-16(10-7-14)29-21(25)15-8-11-17-18(13-15)30(26,27)22-19-5-3-2-4-12-23(17)19/h6-11,13H,2-5,12H2,1H3. The van der Waals surface area contributed by atoms with Gasteiger partial charge in [0.1, 0.15) is 16.5 Å². The average molecular weight is 428 g/mol. The molecule has 1 fully saturated rings. The molecule has 156 valence electrons. The molecule has 8 nitrogen and oxygen atoms in total. The van der Waals surface area contributed by atoms with Gasteiger partial charge < -0.3 is 14.4 Å². The highest BCUT2D eigenvalue weighted by molar-refractivity contribution is 7.90. The Morgan fingerprint density at radius 2 is 1.70 bits per heavy atom. The number of fused-ring (bicyclic) bond motifs is 3. The molecule has 0 amide bonds. The molecule has 0 unspecified atom stereocenters. The van der Waals surface area contributed by atoms with E-state index in [1.54, 1.807) is 12.1 Å². The average Bonchev–Trinajstić information content (AvgIpc) is 2.98. The second-order valence-corrected chi connectivity index (χ2v) is 8.61. The van der Waals surface area contributed by atoms with Crippen molar-refractivity contribution >= 4 is 33.5 Å². The maximum absolute atomic E-state index is 12.7. The largest absolute Gasteiger partial charge is 0.465 e. The van der Waals surface area contributed by atoms with Crippen LogP contribution in [0.2, 0.25) is 0 Å². The van der Waals surface area contributed by atoms with Crippen molar-refractivity contribution in [2.45, 2.75) is 30.6 Å². The molecule has 2 heterocycles. The summed E-state index contributed by atoms with van der Waals surface area (Å²) in [7, 11) is -2.61. The van der Waals surface area contributed by atoms with E-state index in [1.807, 2.05) is 4.90 Å². The molecule has 0 spiro atoms. The molecule has 2 aromatic rings. The van der Waals surface area contributed by atoms with Crippen LogP contribution in [0.3, 0.4) is 0 Å². The van der Waals surface area contributed by atoms with E-state index >= 15 is 0 Å². The Bertz CT molecular complexity index is 1140. The Kier molecular flexibility index (Phi) is 5.29. The molecule has 2 aliphatic heterocycles. The minimum atomic E-state index is -3.89. The molecule has 0 aliphatic carbocycles. The SMILES string of the molecule is COC(=O)c1ccc(OC(=O)c2ccc3c(c2)S(=O)(=O)N=C2CCCCCN23)cc1. The van der Waals surface area contributed by atoms with Crippen molar-refractivity contribution in [3.05, 3.63) is 53.6 Å². The number of benzene rings is 2. The van der Waals surface area contributed by atoms with Gasteiger partial charge in [-0.15, -0.1) is 4.40 Å². The smallest absolute Gasteiger partial charge is 0.343 e. The van der Waals surface area contributed by atoms with Gasteiger partial charge in [0.25, 0.3) is 10.0 Å². The summed E-state index contributed by atoms with van der Waals surface area (Å²) in [4.78, 5) is 26.0. The number of esters is 2. The quantitative estimate of drug-likeness (QED) is 0.546. The van der Waals surface area contributed by atoms with Crippen molar-refractivity contribution < 1.29 is 27.5 Å². The fourth-order valence-corrected chi connectivity index (χ4v) is 4.83. The molecule has 0 saturated carbocycles. The van der Waals surface area contributed by atoms with Crippen molar-refractivity contribution in [3.8, 4) is 5.75 Å². The normalized spacial score (nSPS) is 17.1. The van der Waals surface area contributed by atoms with Gasteiger partial charge in [0.05, 0.1) is 23.9 Å². The van der Waals surface area contributed by atoms with Crippen LogP contribution in [0.15, 0.2) is 51.8 Å². The number of hydrogen-bond acceptors (Lipinski definition) is 7. The van der Waals surface area contributed by atoms with E-state index in [1.165, 1.54) is 37.4 Å². The van der Waals surface area contributed by atoms with Crippen LogP contribution in [0.5, 0.6) is 5.75 Å². The zero-order valence-corrected chi connectivity index (χ0v) is 17.1. The summed E-state index contributed by atoms with van der Waals surface area (Å²) in [6.07, 6.45) is 3.48. The highest BCUT2D eigenvalue weighted by Crippen LogP contribution is 2.35. The number of carbonyl (C=O) groups is 2. The molecule has 2 aromatic carbocycles. The van der Waals surface area contributed by atoms with Gasteiger partial charge in [-0.25, -0.2) is 9.59 Å². The Morgan fingerprint density at radius 1 is 0.967 bits per heavy atom. The topological polar surface area (TPSA) is 102 Å². The summed E-state index contributed by atoms with van der Waals surface area (Å²) in [5.41, 5.74) is 0.965. The lowest BCUT2D eigenvalue weighted by Crippen LogP contribution is -2.35.